The summed E-state index contributed by atoms with van der Waals surface area (Å²) in [6, 6.07) is 3.08. The Balaban J connectivity index is 2.37. The van der Waals surface area contributed by atoms with Crippen molar-refractivity contribution in [1.29, 1.82) is 0 Å². The van der Waals surface area contributed by atoms with Crippen LogP contribution in [-0.4, -0.2) is 12.6 Å². The van der Waals surface area contributed by atoms with Gasteiger partial charge in [0.1, 0.15) is 5.75 Å². The lowest BCUT2D eigenvalue weighted by molar-refractivity contribution is -0.151. The molecular weight excluding hydrogens is 222 g/mol. The minimum Gasteiger partial charge on any atom is -0.493 e. The number of rotatable bonds is 5. The first-order valence-corrected chi connectivity index (χ1v) is 4.36. The number of halogens is 2. The molecule has 0 saturated carbocycles. The van der Waals surface area contributed by atoms with Gasteiger partial charge in [0, 0.05) is 6.07 Å². The van der Waals surface area contributed by atoms with Gasteiger partial charge in [-0.2, -0.15) is 0 Å². The highest BCUT2D eigenvalue weighted by Gasteiger charge is 2.05. The molecule has 0 aromatic heterocycles. The van der Waals surface area contributed by atoms with Gasteiger partial charge in [0.2, 0.25) is 0 Å². The molecule has 0 aliphatic carbocycles. The van der Waals surface area contributed by atoms with Crippen LogP contribution in [0.3, 0.4) is 0 Å². The minimum absolute atomic E-state index is 0.0222. The molecule has 5 nitrogen and oxygen atoms in total. The van der Waals surface area contributed by atoms with Crippen LogP contribution in [0, 0.1) is 11.6 Å². The predicted octanol–water partition coefficient (Wildman–Crippen LogP) is 0.655. The van der Waals surface area contributed by atoms with E-state index in [0.717, 1.165) is 12.1 Å². The number of hydrogen-bond acceptors (Lipinski definition) is 5. The Kier molecular flexibility index (Phi) is 4.62. The van der Waals surface area contributed by atoms with E-state index in [1.165, 1.54) is 6.07 Å². The normalized spacial score (nSPS) is 9.94. The van der Waals surface area contributed by atoms with Crippen LogP contribution in [0.25, 0.3) is 0 Å². The first-order chi connectivity index (χ1) is 7.63. The number of ether oxygens (including phenoxy) is 1. The highest BCUT2D eigenvalue weighted by Crippen LogP contribution is 2.15. The Morgan fingerprint density at radius 1 is 1.38 bits per heavy atom. The largest absolute Gasteiger partial charge is 0.493 e. The fraction of sp³-hybridized carbons (Fsp3) is 0.222. The molecule has 0 heterocycles. The molecular formula is C9H10F2N2O3. The molecule has 0 unspecified atom stereocenters. The van der Waals surface area contributed by atoms with Crippen molar-refractivity contribution in [3.63, 3.8) is 0 Å². The van der Waals surface area contributed by atoms with E-state index in [4.69, 9.17) is 10.6 Å². The van der Waals surface area contributed by atoms with Crippen LogP contribution in [-0.2, 0) is 9.63 Å². The molecule has 0 bridgehead atoms. The van der Waals surface area contributed by atoms with Gasteiger partial charge in [-0.15, -0.1) is 0 Å². The number of carbonyl (C=O) groups excluding carboxylic acids is 1. The zero-order valence-corrected chi connectivity index (χ0v) is 8.20. The number of hydrazine groups is 1. The van der Waals surface area contributed by atoms with Crippen LogP contribution in [0.2, 0.25) is 0 Å². The molecule has 0 saturated heterocycles. The van der Waals surface area contributed by atoms with E-state index in [-0.39, 0.29) is 18.8 Å². The molecule has 1 aromatic rings. The maximum absolute atomic E-state index is 12.7. The van der Waals surface area contributed by atoms with E-state index in [2.05, 4.69) is 4.84 Å². The van der Waals surface area contributed by atoms with Crippen LogP contribution in [0.5, 0.6) is 5.75 Å². The highest BCUT2D eigenvalue weighted by molar-refractivity contribution is 5.69. The van der Waals surface area contributed by atoms with Gasteiger partial charge in [0.05, 0.1) is 13.0 Å². The Morgan fingerprint density at radius 2 is 2.12 bits per heavy atom. The van der Waals surface area contributed by atoms with Crippen molar-refractivity contribution in [3.05, 3.63) is 29.8 Å². The van der Waals surface area contributed by atoms with E-state index in [9.17, 15) is 13.6 Å². The summed E-state index contributed by atoms with van der Waals surface area (Å²) < 4.78 is 30.2. The Labute approximate surface area is 90.1 Å². The topological polar surface area (TPSA) is 73.6 Å². The van der Waals surface area contributed by atoms with E-state index in [1.54, 1.807) is 5.59 Å². The monoisotopic (exact) mass is 232 g/mol. The van der Waals surface area contributed by atoms with Crippen molar-refractivity contribution in [2.45, 2.75) is 6.42 Å². The summed E-state index contributed by atoms with van der Waals surface area (Å²) in [6.07, 6.45) is -0.0663. The zero-order valence-electron chi connectivity index (χ0n) is 8.20. The minimum atomic E-state index is -1.01. The second kappa shape index (κ2) is 5.99. The fourth-order valence-electron chi connectivity index (χ4n) is 0.936. The van der Waals surface area contributed by atoms with Gasteiger partial charge in [-0.05, 0) is 12.1 Å². The maximum Gasteiger partial charge on any atom is 0.329 e. The second-order valence-electron chi connectivity index (χ2n) is 2.77. The van der Waals surface area contributed by atoms with Crippen LogP contribution in [0.4, 0.5) is 8.78 Å². The van der Waals surface area contributed by atoms with Crippen LogP contribution < -0.4 is 16.2 Å². The molecule has 0 aliphatic heterocycles. The lowest BCUT2D eigenvalue weighted by atomic mass is 10.3. The van der Waals surface area contributed by atoms with Crippen LogP contribution >= 0.6 is 0 Å². The molecule has 0 amide bonds. The predicted molar refractivity (Wildman–Crippen MR) is 49.9 cm³/mol. The molecule has 0 atom stereocenters. The average Bonchev–Trinajstić information content (AvgIpc) is 2.24. The molecule has 0 fully saturated rings. The SMILES string of the molecule is NNOC(=O)CCOc1ccc(F)c(F)c1. The summed E-state index contributed by atoms with van der Waals surface area (Å²) >= 11 is 0. The smallest absolute Gasteiger partial charge is 0.329 e. The van der Waals surface area contributed by atoms with Crippen molar-refractivity contribution < 1.29 is 23.1 Å². The lowest BCUT2D eigenvalue weighted by Gasteiger charge is -2.05. The van der Waals surface area contributed by atoms with Crippen molar-refractivity contribution in [1.82, 2.24) is 5.59 Å². The number of carbonyl (C=O) groups is 1. The van der Waals surface area contributed by atoms with Gasteiger partial charge in [-0.1, -0.05) is 5.59 Å². The van der Waals surface area contributed by atoms with Crippen molar-refractivity contribution >= 4 is 5.97 Å². The van der Waals surface area contributed by atoms with Gasteiger partial charge in [-0.25, -0.2) is 14.6 Å². The van der Waals surface area contributed by atoms with E-state index in [0.29, 0.717) is 0 Å². The first kappa shape index (κ1) is 12.3. The van der Waals surface area contributed by atoms with E-state index >= 15 is 0 Å². The molecule has 1 rings (SSSR count). The lowest BCUT2D eigenvalue weighted by Crippen LogP contribution is -2.26. The van der Waals surface area contributed by atoms with Crippen LogP contribution in [0.15, 0.2) is 18.2 Å². The fourth-order valence-corrected chi connectivity index (χ4v) is 0.936. The third-order valence-electron chi connectivity index (χ3n) is 1.64. The van der Waals surface area contributed by atoms with E-state index < -0.39 is 17.6 Å². The van der Waals surface area contributed by atoms with Gasteiger partial charge >= 0.3 is 5.97 Å². The summed E-state index contributed by atoms with van der Waals surface area (Å²) in [5, 5.41) is 0. The Morgan fingerprint density at radius 3 is 2.75 bits per heavy atom. The summed E-state index contributed by atoms with van der Waals surface area (Å²) in [6.45, 7) is -0.0222. The van der Waals surface area contributed by atoms with E-state index in [1.807, 2.05) is 0 Å². The molecule has 0 aliphatic rings. The number of hydrogen-bond donors (Lipinski definition) is 2. The zero-order chi connectivity index (χ0) is 12.0. The number of nitrogens with one attached hydrogen (secondary N) is 1. The highest BCUT2D eigenvalue weighted by atomic mass is 19.2. The summed E-state index contributed by atoms with van der Waals surface area (Å²) in [7, 11) is 0. The Hall–Kier alpha value is -1.73. The van der Waals surface area contributed by atoms with Crippen molar-refractivity contribution in [2.75, 3.05) is 6.61 Å². The van der Waals surface area contributed by atoms with Gasteiger partial charge in [-0.3, -0.25) is 4.79 Å². The summed E-state index contributed by atoms with van der Waals surface area (Å²) in [5.41, 5.74) is 1.72. The summed E-state index contributed by atoms with van der Waals surface area (Å²) in [4.78, 5) is 15.0. The quantitative estimate of drug-likeness (QED) is 0.576. The molecule has 0 spiro atoms. The van der Waals surface area contributed by atoms with Crippen molar-refractivity contribution in [3.8, 4) is 5.75 Å². The number of benzene rings is 1. The van der Waals surface area contributed by atoms with Gasteiger partial charge in [0.15, 0.2) is 11.6 Å². The maximum atomic E-state index is 12.7. The van der Waals surface area contributed by atoms with Gasteiger partial charge in [0.25, 0.3) is 0 Å². The third-order valence-corrected chi connectivity index (χ3v) is 1.64. The standard InChI is InChI=1S/C9H10F2N2O3/c10-7-2-1-6(5-8(7)11)15-4-3-9(14)16-13-12/h1-2,5,13H,3-4,12H2. The molecule has 0 radical (unpaired) electrons. The Bertz CT molecular complexity index is 374. The molecule has 1 aromatic carbocycles. The van der Waals surface area contributed by atoms with Gasteiger partial charge < -0.3 is 9.57 Å². The first-order valence-electron chi connectivity index (χ1n) is 4.36. The molecule has 16 heavy (non-hydrogen) atoms. The average molecular weight is 232 g/mol. The summed E-state index contributed by atoms with van der Waals surface area (Å²) in [5.74, 6) is 2.27. The number of nitrogens with two attached hydrogens (primary N) is 1. The molecule has 7 heteroatoms. The van der Waals surface area contributed by atoms with Crippen molar-refractivity contribution in [2.24, 2.45) is 5.84 Å². The third kappa shape index (κ3) is 3.79. The second-order valence-corrected chi connectivity index (χ2v) is 2.77. The molecule has 3 N–H and O–H groups in total. The van der Waals surface area contributed by atoms with Crippen LogP contribution in [0.1, 0.15) is 6.42 Å². The molecule has 88 valence electrons.